The number of aryl methyl sites for hydroxylation is 1. The van der Waals surface area contributed by atoms with Crippen molar-refractivity contribution in [3.63, 3.8) is 0 Å². The summed E-state index contributed by atoms with van der Waals surface area (Å²) in [7, 11) is 3.92. The van der Waals surface area contributed by atoms with Crippen LogP contribution in [0.25, 0.3) is 5.57 Å². The fraction of sp³-hybridized carbons (Fsp3) is 0.120. The van der Waals surface area contributed by atoms with Gasteiger partial charge in [-0.15, -0.1) is 0 Å². The number of carbonyl (C=O) groups is 2. The summed E-state index contributed by atoms with van der Waals surface area (Å²) in [6, 6.07) is 22.0. The summed E-state index contributed by atoms with van der Waals surface area (Å²) in [5.74, 6) is -0.802. The van der Waals surface area contributed by atoms with Crippen LogP contribution in [0.3, 0.4) is 0 Å². The van der Waals surface area contributed by atoms with Crippen molar-refractivity contribution < 1.29 is 9.59 Å². The maximum absolute atomic E-state index is 13.4. The summed E-state index contributed by atoms with van der Waals surface area (Å²) in [5, 5.41) is 3.68. The van der Waals surface area contributed by atoms with Gasteiger partial charge in [0.05, 0.1) is 11.3 Å². The van der Waals surface area contributed by atoms with E-state index in [2.05, 4.69) is 5.32 Å². The van der Waals surface area contributed by atoms with Gasteiger partial charge in [0.1, 0.15) is 5.70 Å². The van der Waals surface area contributed by atoms with Crippen molar-refractivity contribution in [2.24, 2.45) is 0 Å². The Morgan fingerprint density at radius 3 is 2.16 bits per heavy atom. The van der Waals surface area contributed by atoms with Crippen LogP contribution in [0.2, 0.25) is 5.02 Å². The zero-order valence-electron chi connectivity index (χ0n) is 17.5. The van der Waals surface area contributed by atoms with E-state index < -0.39 is 5.91 Å². The fourth-order valence-corrected chi connectivity index (χ4v) is 3.64. The third kappa shape index (κ3) is 3.92. The van der Waals surface area contributed by atoms with Gasteiger partial charge >= 0.3 is 0 Å². The molecule has 0 atom stereocenters. The van der Waals surface area contributed by atoms with Gasteiger partial charge in [-0.05, 0) is 54.4 Å². The summed E-state index contributed by atoms with van der Waals surface area (Å²) in [6.07, 6.45) is 0. The Bertz CT molecular complexity index is 1190. The molecule has 0 saturated heterocycles. The third-order valence-electron chi connectivity index (χ3n) is 5.21. The van der Waals surface area contributed by atoms with Crippen LogP contribution in [0.5, 0.6) is 0 Å². The van der Waals surface area contributed by atoms with Crippen molar-refractivity contribution in [1.82, 2.24) is 0 Å². The zero-order chi connectivity index (χ0) is 22.1. The monoisotopic (exact) mass is 431 g/mol. The second-order valence-electron chi connectivity index (χ2n) is 7.56. The molecule has 0 unspecified atom stereocenters. The Morgan fingerprint density at radius 1 is 0.871 bits per heavy atom. The Balaban J connectivity index is 1.77. The van der Waals surface area contributed by atoms with Crippen LogP contribution >= 0.6 is 11.6 Å². The molecular formula is C25H22ClN3O2. The summed E-state index contributed by atoms with van der Waals surface area (Å²) in [6.45, 7) is 1.87. The van der Waals surface area contributed by atoms with Gasteiger partial charge in [0.15, 0.2) is 0 Å². The van der Waals surface area contributed by atoms with Crippen LogP contribution in [0.4, 0.5) is 17.1 Å². The van der Waals surface area contributed by atoms with E-state index >= 15 is 0 Å². The smallest absolute Gasteiger partial charge is 0.282 e. The number of imide groups is 1. The molecule has 1 heterocycles. The Morgan fingerprint density at radius 2 is 1.55 bits per heavy atom. The number of carbonyl (C=O) groups excluding carboxylic acids is 2. The average molecular weight is 432 g/mol. The lowest BCUT2D eigenvalue weighted by Crippen LogP contribution is -2.32. The van der Waals surface area contributed by atoms with Gasteiger partial charge < -0.3 is 10.2 Å². The molecule has 3 aromatic carbocycles. The molecule has 3 aromatic rings. The summed E-state index contributed by atoms with van der Waals surface area (Å²) >= 11 is 6.27. The highest BCUT2D eigenvalue weighted by molar-refractivity contribution is 6.46. The first-order valence-electron chi connectivity index (χ1n) is 9.86. The minimum Gasteiger partial charge on any atom is -0.378 e. The predicted octanol–water partition coefficient (Wildman–Crippen LogP) is 5.11. The predicted molar refractivity (Wildman–Crippen MR) is 126 cm³/mol. The minimum absolute atomic E-state index is 0.241. The first-order valence-corrected chi connectivity index (χ1v) is 10.2. The maximum Gasteiger partial charge on any atom is 0.282 e. The molecule has 6 heteroatoms. The number of anilines is 3. The van der Waals surface area contributed by atoms with Gasteiger partial charge in [0, 0.05) is 30.5 Å². The standard InChI is InChI=1S/C25H22ClN3O2/c1-16-9-12-20(15-21(16)26)29-24(30)22(17-7-5-4-6-8-17)23(25(29)31)27-18-10-13-19(14-11-18)28(2)3/h4-15,27H,1-3H3. The summed E-state index contributed by atoms with van der Waals surface area (Å²) in [5.41, 5.74) is 4.32. The van der Waals surface area contributed by atoms with Gasteiger partial charge in [-0.2, -0.15) is 0 Å². The largest absolute Gasteiger partial charge is 0.378 e. The number of benzene rings is 3. The van der Waals surface area contributed by atoms with Crippen LogP contribution in [-0.4, -0.2) is 25.9 Å². The van der Waals surface area contributed by atoms with Gasteiger partial charge in [0.2, 0.25) is 0 Å². The molecule has 0 bridgehead atoms. The molecule has 0 spiro atoms. The van der Waals surface area contributed by atoms with Crippen molar-refractivity contribution in [2.45, 2.75) is 6.92 Å². The van der Waals surface area contributed by atoms with Crippen LogP contribution in [-0.2, 0) is 9.59 Å². The first-order chi connectivity index (χ1) is 14.9. The van der Waals surface area contributed by atoms with E-state index in [1.54, 1.807) is 18.2 Å². The van der Waals surface area contributed by atoms with Crippen molar-refractivity contribution in [1.29, 1.82) is 0 Å². The SMILES string of the molecule is Cc1ccc(N2C(=O)C(Nc3ccc(N(C)C)cc3)=C(c3ccccc3)C2=O)cc1Cl. The summed E-state index contributed by atoms with van der Waals surface area (Å²) < 4.78 is 0. The number of amides is 2. The highest BCUT2D eigenvalue weighted by Gasteiger charge is 2.40. The maximum atomic E-state index is 13.4. The molecule has 31 heavy (non-hydrogen) atoms. The molecule has 0 radical (unpaired) electrons. The van der Waals surface area contributed by atoms with Crippen LogP contribution in [0.1, 0.15) is 11.1 Å². The van der Waals surface area contributed by atoms with Gasteiger partial charge in [-0.3, -0.25) is 9.59 Å². The van der Waals surface area contributed by atoms with E-state index in [1.165, 1.54) is 4.90 Å². The molecule has 156 valence electrons. The molecule has 2 amide bonds. The molecule has 1 aliphatic heterocycles. The first kappa shape index (κ1) is 20.7. The van der Waals surface area contributed by atoms with Crippen LogP contribution in [0, 0.1) is 6.92 Å². The van der Waals surface area contributed by atoms with Crippen LogP contribution in [0.15, 0.2) is 78.5 Å². The highest BCUT2D eigenvalue weighted by Crippen LogP contribution is 2.35. The van der Waals surface area contributed by atoms with E-state index in [0.717, 1.165) is 16.9 Å². The lowest BCUT2D eigenvalue weighted by molar-refractivity contribution is -0.120. The average Bonchev–Trinajstić information content (AvgIpc) is 3.00. The molecule has 0 fully saturated rings. The number of halogens is 1. The van der Waals surface area contributed by atoms with Crippen molar-refractivity contribution >= 4 is 46.1 Å². The molecular weight excluding hydrogens is 410 g/mol. The second kappa shape index (κ2) is 8.28. The molecule has 5 nitrogen and oxygen atoms in total. The minimum atomic E-state index is -0.416. The molecule has 0 saturated carbocycles. The van der Waals surface area contributed by atoms with Crippen molar-refractivity contribution in [2.75, 3.05) is 29.2 Å². The van der Waals surface area contributed by atoms with E-state index in [-0.39, 0.29) is 11.6 Å². The Labute approximate surface area is 186 Å². The molecule has 4 rings (SSSR count). The van der Waals surface area contributed by atoms with Gasteiger partial charge in [-0.25, -0.2) is 4.90 Å². The zero-order valence-corrected chi connectivity index (χ0v) is 18.3. The lowest BCUT2D eigenvalue weighted by Gasteiger charge is -2.16. The van der Waals surface area contributed by atoms with Crippen LogP contribution < -0.4 is 15.1 Å². The highest BCUT2D eigenvalue weighted by atomic mass is 35.5. The van der Waals surface area contributed by atoms with E-state index in [4.69, 9.17) is 11.6 Å². The van der Waals surface area contributed by atoms with Gasteiger partial charge in [0.25, 0.3) is 11.8 Å². The van der Waals surface area contributed by atoms with E-state index in [0.29, 0.717) is 21.8 Å². The Hall–Kier alpha value is -3.57. The number of nitrogens with one attached hydrogen (secondary N) is 1. The normalized spacial score (nSPS) is 13.7. The quantitative estimate of drug-likeness (QED) is 0.570. The van der Waals surface area contributed by atoms with Crippen molar-refractivity contribution in [3.8, 4) is 0 Å². The lowest BCUT2D eigenvalue weighted by atomic mass is 10.0. The van der Waals surface area contributed by atoms with Crippen molar-refractivity contribution in [3.05, 3.63) is 94.6 Å². The van der Waals surface area contributed by atoms with E-state index in [1.807, 2.05) is 80.5 Å². The Kier molecular flexibility index (Phi) is 5.53. The fourth-order valence-electron chi connectivity index (χ4n) is 3.46. The summed E-state index contributed by atoms with van der Waals surface area (Å²) in [4.78, 5) is 30.0. The number of rotatable bonds is 5. The molecule has 0 aliphatic carbocycles. The third-order valence-corrected chi connectivity index (χ3v) is 5.62. The van der Waals surface area contributed by atoms with E-state index in [9.17, 15) is 9.59 Å². The number of hydrogen-bond acceptors (Lipinski definition) is 4. The second-order valence-corrected chi connectivity index (χ2v) is 7.97. The van der Waals surface area contributed by atoms with Gasteiger partial charge in [-0.1, -0.05) is 48.0 Å². The molecule has 0 aromatic heterocycles. The molecule has 1 aliphatic rings. The topological polar surface area (TPSA) is 52.7 Å². The number of nitrogens with zero attached hydrogens (tertiary/aromatic N) is 2. The molecule has 1 N–H and O–H groups in total. The number of hydrogen-bond donors (Lipinski definition) is 1.